The van der Waals surface area contributed by atoms with E-state index in [-0.39, 0.29) is 12.1 Å². The first-order valence-electron chi connectivity index (χ1n) is 10.00. The third kappa shape index (κ3) is 5.83. The molecule has 1 aromatic carbocycles. The van der Waals surface area contributed by atoms with Gasteiger partial charge in [-0.1, -0.05) is 0 Å². The van der Waals surface area contributed by atoms with Gasteiger partial charge in [0.05, 0.1) is 11.1 Å². The van der Waals surface area contributed by atoms with Crippen LogP contribution >= 0.6 is 0 Å². The molecular weight excluding hydrogens is 414 g/mol. The van der Waals surface area contributed by atoms with E-state index < -0.39 is 29.0 Å². The van der Waals surface area contributed by atoms with Gasteiger partial charge in [0, 0.05) is 32.2 Å². The number of aromatic nitrogens is 2. The minimum absolute atomic E-state index is 0.133. The molecule has 2 N–H and O–H groups in total. The number of nitrogens with one attached hydrogen (secondary N) is 2. The maximum Gasteiger partial charge on any atom is 0.417 e. The molecule has 6 nitrogen and oxygen atoms in total. The van der Waals surface area contributed by atoms with Crippen LogP contribution in [0, 0.1) is 12.7 Å². The lowest BCUT2D eigenvalue weighted by atomic mass is 9.90. The smallest absolute Gasteiger partial charge is 0.367 e. The van der Waals surface area contributed by atoms with Gasteiger partial charge in [-0.25, -0.2) is 14.4 Å². The zero-order valence-electron chi connectivity index (χ0n) is 17.6. The van der Waals surface area contributed by atoms with E-state index in [2.05, 4.69) is 20.6 Å². The van der Waals surface area contributed by atoms with Gasteiger partial charge in [-0.15, -0.1) is 0 Å². The summed E-state index contributed by atoms with van der Waals surface area (Å²) in [5.41, 5.74) is -1.84. The summed E-state index contributed by atoms with van der Waals surface area (Å²) >= 11 is 0. The first kappa shape index (κ1) is 22.8. The van der Waals surface area contributed by atoms with Crippen LogP contribution in [0.4, 0.5) is 29.2 Å². The summed E-state index contributed by atoms with van der Waals surface area (Å²) in [7, 11) is 3.79. The molecule has 1 aliphatic carbocycles. The molecule has 1 amide bonds. The Morgan fingerprint density at radius 1 is 1.06 bits per heavy atom. The lowest BCUT2D eigenvalue weighted by Gasteiger charge is -2.30. The van der Waals surface area contributed by atoms with Crippen molar-refractivity contribution in [2.45, 2.75) is 50.9 Å². The molecule has 0 bridgehead atoms. The molecule has 0 atom stereocenters. The van der Waals surface area contributed by atoms with Crippen LogP contribution in [0.3, 0.4) is 0 Å². The predicted octanol–water partition coefficient (Wildman–Crippen LogP) is 4.16. The van der Waals surface area contributed by atoms with Crippen molar-refractivity contribution in [1.82, 2.24) is 15.3 Å². The van der Waals surface area contributed by atoms with Gasteiger partial charge in [0.15, 0.2) is 0 Å². The highest BCUT2D eigenvalue weighted by Gasteiger charge is 2.36. The molecule has 0 saturated heterocycles. The second kappa shape index (κ2) is 9.07. The number of alkyl halides is 3. The summed E-state index contributed by atoms with van der Waals surface area (Å²) in [6, 6.07) is 3.82. The molecule has 168 valence electrons. The van der Waals surface area contributed by atoms with Crippen LogP contribution in [0.15, 0.2) is 24.3 Å². The van der Waals surface area contributed by atoms with Crippen molar-refractivity contribution in [3.63, 3.8) is 0 Å². The van der Waals surface area contributed by atoms with Crippen molar-refractivity contribution in [2.75, 3.05) is 24.3 Å². The van der Waals surface area contributed by atoms with Gasteiger partial charge >= 0.3 is 6.18 Å². The van der Waals surface area contributed by atoms with Crippen molar-refractivity contribution in [1.29, 1.82) is 0 Å². The molecule has 1 heterocycles. The number of halogens is 4. The van der Waals surface area contributed by atoms with Crippen LogP contribution < -0.4 is 15.5 Å². The van der Waals surface area contributed by atoms with E-state index in [0.29, 0.717) is 30.6 Å². The predicted molar refractivity (Wildman–Crippen MR) is 110 cm³/mol. The van der Waals surface area contributed by atoms with E-state index in [1.54, 1.807) is 0 Å². The van der Waals surface area contributed by atoms with E-state index in [0.717, 1.165) is 30.8 Å². The average molecular weight is 439 g/mol. The molecule has 0 unspecified atom stereocenters. The van der Waals surface area contributed by atoms with Crippen LogP contribution in [-0.2, 0) is 6.18 Å². The first-order valence-corrected chi connectivity index (χ1v) is 10.00. The number of aryl methyl sites for hydroxylation is 1. The summed E-state index contributed by atoms with van der Waals surface area (Å²) in [6.45, 7) is 1.81. The molecule has 1 saturated carbocycles. The molecule has 3 rings (SSSR count). The summed E-state index contributed by atoms with van der Waals surface area (Å²) in [4.78, 5) is 23.1. The summed E-state index contributed by atoms with van der Waals surface area (Å²) in [5, 5.41) is 6.04. The third-order valence-corrected chi connectivity index (χ3v) is 5.23. The zero-order chi connectivity index (χ0) is 22.8. The standard InChI is InChI=1S/C21H25F4N5O/c1-12-26-18(11-19(27-12)30(2)3)28-14-5-7-15(8-6-14)29-20(31)16-9-4-13(22)10-17(16)21(23,24)25/h4,9-11,14-15H,5-8H2,1-3H3,(H,29,31)(H,26,27,28). The Morgan fingerprint density at radius 2 is 1.71 bits per heavy atom. The third-order valence-electron chi connectivity index (χ3n) is 5.23. The maximum absolute atomic E-state index is 13.3. The number of benzene rings is 1. The first-order chi connectivity index (χ1) is 14.5. The van der Waals surface area contributed by atoms with Crippen molar-refractivity contribution >= 4 is 17.5 Å². The highest BCUT2D eigenvalue weighted by molar-refractivity contribution is 5.96. The quantitative estimate of drug-likeness (QED) is 0.685. The van der Waals surface area contributed by atoms with Crippen LogP contribution in [0.1, 0.15) is 47.4 Å². The number of carbonyl (C=O) groups excluding carboxylic acids is 1. The van der Waals surface area contributed by atoms with E-state index in [1.165, 1.54) is 0 Å². The van der Waals surface area contributed by atoms with Gasteiger partial charge in [-0.05, 0) is 50.8 Å². The van der Waals surface area contributed by atoms with Gasteiger partial charge < -0.3 is 15.5 Å². The molecular formula is C21H25F4N5O. The minimum atomic E-state index is -4.81. The number of hydrogen-bond donors (Lipinski definition) is 2. The number of hydrogen-bond acceptors (Lipinski definition) is 5. The Bertz CT molecular complexity index is 940. The van der Waals surface area contributed by atoms with Gasteiger partial charge in [0.25, 0.3) is 5.91 Å². The number of amides is 1. The Morgan fingerprint density at radius 3 is 2.32 bits per heavy atom. The van der Waals surface area contributed by atoms with E-state index >= 15 is 0 Å². The molecule has 31 heavy (non-hydrogen) atoms. The Labute approximate surface area is 178 Å². The van der Waals surface area contributed by atoms with Crippen LogP contribution in [0.5, 0.6) is 0 Å². The molecule has 0 spiro atoms. The van der Waals surface area contributed by atoms with Gasteiger partial charge in [-0.3, -0.25) is 4.79 Å². The summed E-state index contributed by atoms with van der Waals surface area (Å²) < 4.78 is 52.8. The normalized spacial score (nSPS) is 19.1. The Kier molecular flexibility index (Phi) is 6.66. The largest absolute Gasteiger partial charge is 0.417 e. The molecule has 1 aromatic heterocycles. The Hall–Kier alpha value is -2.91. The van der Waals surface area contributed by atoms with E-state index in [9.17, 15) is 22.4 Å². The average Bonchev–Trinajstić information content (AvgIpc) is 2.68. The molecule has 10 heteroatoms. The second-order valence-corrected chi connectivity index (χ2v) is 7.91. The van der Waals surface area contributed by atoms with Crippen LogP contribution in [-0.4, -0.2) is 42.1 Å². The van der Waals surface area contributed by atoms with E-state index in [1.807, 2.05) is 32.0 Å². The maximum atomic E-state index is 13.3. The lowest BCUT2D eigenvalue weighted by Crippen LogP contribution is -2.40. The van der Waals surface area contributed by atoms with Crippen molar-refractivity contribution in [3.8, 4) is 0 Å². The summed E-state index contributed by atoms with van der Waals surface area (Å²) in [6.07, 6.45) is -2.15. The molecule has 0 aliphatic heterocycles. The van der Waals surface area contributed by atoms with Crippen molar-refractivity contribution in [3.05, 3.63) is 47.0 Å². The fraction of sp³-hybridized carbons (Fsp3) is 0.476. The number of rotatable bonds is 5. The van der Waals surface area contributed by atoms with Crippen LogP contribution in [0.25, 0.3) is 0 Å². The fourth-order valence-electron chi connectivity index (χ4n) is 3.66. The molecule has 1 fully saturated rings. The molecule has 2 aromatic rings. The van der Waals surface area contributed by atoms with E-state index in [4.69, 9.17) is 0 Å². The van der Waals surface area contributed by atoms with Crippen molar-refractivity contribution in [2.24, 2.45) is 0 Å². The monoisotopic (exact) mass is 439 g/mol. The number of carbonyl (C=O) groups is 1. The zero-order valence-corrected chi connectivity index (χ0v) is 17.6. The van der Waals surface area contributed by atoms with Crippen molar-refractivity contribution < 1.29 is 22.4 Å². The summed E-state index contributed by atoms with van der Waals surface area (Å²) in [5.74, 6) is 0.272. The number of anilines is 2. The topological polar surface area (TPSA) is 70.2 Å². The fourth-order valence-corrected chi connectivity index (χ4v) is 3.66. The Balaban J connectivity index is 1.59. The minimum Gasteiger partial charge on any atom is -0.367 e. The van der Waals surface area contributed by atoms with Gasteiger partial charge in [0.1, 0.15) is 23.3 Å². The van der Waals surface area contributed by atoms with Gasteiger partial charge in [0.2, 0.25) is 0 Å². The second-order valence-electron chi connectivity index (χ2n) is 7.91. The number of nitrogens with zero attached hydrogens (tertiary/aromatic N) is 3. The SMILES string of the molecule is Cc1nc(NC2CCC(NC(=O)c3ccc(F)cc3C(F)(F)F)CC2)cc(N(C)C)n1. The van der Waals surface area contributed by atoms with Gasteiger partial charge in [-0.2, -0.15) is 13.2 Å². The molecule has 0 radical (unpaired) electrons. The highest BCUT2D eigenvalue weighted by atomic mass is 19.4. The van der Waals surface area contributed by atoms with Crippen LogP contribution in [0.2, 0.25) is 0 Å². The highest BCUT2D eigenvalue weighted by Crippen LogP contribution is 2.33. The molecule has 1 aliphatic rings. The lowest BCUT2D eigenvalue weighted by molar-refractivity contribution is -0.138.